The van der Waals surface area contributed by atoms with Crippen LogP contribution in [0.25, 0.3) is 11.0 Å². The van der Waals surface area contributed by atoms with Crippen LogP contribution in [0, 0.1) is 6.92 Å². The maximum atomic E-state index is 12.5. The van der Waals surface area contributed by atoms with Crippen molar-refractivity contribution in [2.75, 3.05) is 13.2 Å². The molecule has 2 heterocycles. The molecule has 0 aliphatic carbocycles. The smallest absolute Gasteiger partial charge is 0.336 e. The molecule has 1 aromatic heterocycles. The molecule has 0 spiro atoms. The molecule has 3 rings (SSSR count). The molecule has 1 fully saturated rings. The zero-order chi connectivity index (χ0) is 19.6. The van der Waals surface area contributed by atoms with Crippen molar-refractivity contribution in [1.82, 2.24) is 4.90 Å². The van der Waals surface area contributed by atoms with Crippen molar-refractivity contribution < 1.29 is 18.7 Å². The van der Waals surface area contributed by atoms with Crippen LogP contribution >= 0.6 is 0 Å². The van der Waals surface area contributed by atoms with Gasteiger partial charge in [0.2, 0.25) is 5.91 Å². The maximum absolute atomic E-state index is 12.5. The van der Waals surface area contributed by atoms with Crippen LogP contribution in [0.1, 0.15) is 37.3 Å². The van der Waals surface area contributed by atoms with Crippen LogP contribution in [-0.2, 0) is 16.0 Å². The Bertz CT molecular complexity index is 934. The molecule has 1 aliphatic heterocycles. The van der Waals surface area contributed by atoms with Crippen molar-refractivity contribution >= 4 is 22.8 Å². The third-order valence-electron chi connectivity index (χ3n) is 4.81. The van der Waals surface area contributed by atoms with Gasteiger partial charge < -0.3 is 19.8 Å². The van der Waals surface area contributed by atoms with Crippen LogP contribution in [0.2, 0.25) is 0 Å². The van der Waals surface area contributed by atoms with Gasteiger partial charge in [0.25, 0.3) is 5.91 Å². The van der Waals surface area contributed by atoms with Gasteiger partial charge in [-0.25, -0.2) is 4.79 Å². The molecule has 2 amide bonds. The first kappa shape index (κ1) is 18.9. The fourth-order valence-electron chi connectivity index (χ4n) is 3.63. The van der Waals surface area contributed by atoms with Crippen LogP contribution in [0.3, 0.4) is 0 Å². The zero-order valence-electron chi connectivity index (χ0n) is 15.6. The zero-order valence-corrected chi connectivity index (χ0v) is 15.6. The average Bonchev–Trinajstić information content (AvgIpc) is 3.09. The van der Waals surface area contributed by atoms with Crippen molar-refractivity contribution in [3.05, 3.63) is 39.7 Å². The number of benzene rings is 1. The number of nitrogens with zero attached hydrogens (tertiary/aromatic N) is 1. The van der Waals surface area contributed by atoms with Gasteiger partial charge in [-0.15, -0.1) is 0 Å². The minimum absolute atomic E-state index is 0.201. The summed E-state index contributed by atoms with van der Waals surface area (Å²) in [7, 11) is 0. The number of ether oxygens (including phenoxy) is 1. The Morgan fingerprint density at radius 3 is 2.81 bits per heavy atom. The van der Waals surface area contributed by atoms with Gasteiger partial charge in [-0.05, 0) is 49.4 Å². The minimum Gasteiger partial charge on any atom is -0.483 e. The predicted octanol–water partition coefficient (Wildman–Crippen LogP) is 1.91. The van der Waals surface area contributed by atoms with E-state index in [1.807, 2.05) is 19.9 Å². The van der Waals surface area contributed by atoms with E-state index < -0.39 is 17.6 Å². The highest BCUT2D eigenvalue weighted by atomic mass is 16.5. The predicted molar refractivity (Wildman–Crippen MR) is 101 cm³/mol. The lowest BCUT2D eigenvalue weighted by molar-refractivity contribution is -0.138. The van der Waals surface area contributed by atoms with Crippen LogP contribution < -0.4 is 16.1 Å². The Morgan fingerprint density at radius 1 is 1.33 bits per heavy atom. The molecule has 7 nitrogen and oxygen atoms in total. The number of nitrogens with two attached hydrogens (primary N) is 1. The fraction of sp³-hybridized carbons (Fsp3) is 0.450. The van der Waals surface area contributed by atoms with E-state index in [9.17, 15) is 14.4 Å². The normalized spacial score (nSPS) is 16.7. The number of aryl methyl sites for hydroxylation is 2. The second kappa shape index (κ2) is 7.82. The largest absolute Gasteiger partial charge is 0.483 e. The molecule has 1 aromatic carbocycles. The first-order chi connectivity index (χ1) is 12.9. The molecule has 1 saturated heterocycles. The van der Waals surface area contributed by atoms with Crippen LogP contribution in [0.5, 0.6) is 5.75 Å². The summed E-state index contributed by atoms with van der Waals surface area (Å²) >= 11 is 0. The Kier molecular flexibility index (Phi) is 5.48. The number of primary amides is 1. The van der Waals surface area contributed by atoms with Crippen molar-refractivity contribution in [3.8, 4) is 5.75 Å². The van der Waals surface area contributed by atoms with Gasteiger partial charge in [0.15, 0.2) is 6.61 Å². The number of amides is 2. The van der Waals surface area contributed by atoms with Gasteiger partial charge in [-0.2, -0.15) is 0 Å². The summed E-state index contributed by atoms with van der Waals surface area (Å²) in [6, 6.07) is 4.52. The molecule has 7 heteroatoms. The Morgan fingerprint density at radius 2 is 2.11 bits per heavy atom. The summed E-state index contributed by atoms with van der Waals surface area (Å²) in [4.78, 5) is 37.4. The van der Waals surface area contributed by atoms with E-state index >= 15 is 0 Å². The number of rotatable bonds is 6. The summed E-state index contributed by atoms with van der Waals surface area (Å²) < 4.78 is 11.2. The Balaban J connectivity index is 1.89. The third-order valence-corrected chi connectivity index (χ3v) is 4.81. The molecule has 0 bridgehead atoms. The highest BCUT2D eigenvalue weighted by Crippen LogP contribution is 2.31. The number of hydrogen-bond donors (Lipinski definition) is 1. The lowest BCUT2D eigenvalue weighted by atomic mass is 10.0. The molecular weight excluding hydrogens is 348 g/mol. The molecule has 1 atom stereocenters. The van der Waals surface area contributed by atoms with Gasteiger partial charge in [-0.1, -0.05) is 13.3 Å². The summed E-state index contributed by atoms with van der Waals surface area (Å²) in [5.41, 5.74) is 7.12. The van der Waals surface area contributed by atoms with E-state index in [2.05, 4.69) is 0 Å². The quantitative estimate of drug-likeness (QED) is 0.780. The SMILES string of the molecule is CCCc1cc(=O)oc2cc(C)cc(OCC(=O)N3CCC[C@H]3C(N)=O)c12. The molecule has 0 unspecified atom stereocenters. The molecule has 1 aliphatic rings. The topological polar surface area (TPSA) is 103 Å². The Labute approximate surface area is 157 Å². The van der Waals surface area contributed by atoms with E-state index in [4.69, 9.17) is 14.9 Å². The molecular formula is C20H24N2O5. The standard InChI is InChI=1S/C20H24N2O5/c1-3-5-13-10-18(24)27-16-9-12(2)8-15(19(13)16)26-11-17(23)22-7-4-6-14(22)20(21)25/h8-10,14H,3-7,11H2,1-2H3,(H2,21,25)/t14-/m0/s1. The van der Waals surface area contributed by atoms with Gasteiger partial charge in [0.05, 0.1) is 5.39 Å². The van der Waals surface area contributed by atoms with Gasteiger partial charge >= 0.3 is 5.63 Å². The molecule has 144 valence electrons. The van der Waals surface area contributed by atoms with Crippen molar-refractivity contribution in [3.63, 3.8) is 0 Å². The number of likely N-dealkylation sites (tertiary alicyclic amines) is 1. The number of hydrogen-bond acceptors (Lipinski definition) is 5. The van der Waals surface area contributed by atoms with E-state index in [0.717, 1.165) is 24.0 Å². The molecule has 2 aromatic rings. The van der Waals surface area contributed by atoms with Crippen molar-refractivity contribution in [2.45, 2.75) is 45.6 Å². The summed E-state index contributed by atoms with van der Waals surface area (Å²) in [6.45, 7) is 4.19. The van der Waals surface area contributed by atoms with E-state index in [-0.39, 0.29) is 12.5 Å². The van der Waals surface area contributed by atoms with Crippen molar-refractivity contribution in [1.29, 1.82) is 0 Å². The number of carbonyl (C=O) groups is 2. The van der Waals surface area contributed by atoms with Gasteiger partial charge in [0.1, 0.15) is 17.4 Å². The fourth-order valence-corrected chi connectivity index (χ4v) is 3.63. The molecule has 27 heavy (non-hydrogen) atoms. The minimum atomic E-state index is -0.566. The van der Waals surface area contributed by atoms with E-state index in [0.29, 0.717) is 36.1 Å². The molecule has 0 saturated carbocycles. The number of fused-ring (bicyclic) bond motifs is 1. The highest BCUT2D eigenvalue weighted by Gasteiger charge is 2.32. The highest BCUT2D eigenvalue weighted by molar-refractivity contribution is 5.89. The maximum Gasteiger partial charge on any atom is 0.336 e. The van der Waals surface area contributed by atoms with Crippen LogP contribution in [0.15, 0.2) is 27.4 Å². The average molecular weight is 372 g/mol. The summed E-state index contributed by atoms with van der Waals surface area (Å²) in [6.07, 6.45) is 2.89. The molecule has 0 radical (unpaired) electrons. The Hall–Kier alpha value is -2.83. The van der Waals surface area contributed by atoms with E-state index in [1.54, 1.807) is 6.07 Å². The van der Waals surface area contributed by atoms with Gasteiger partial charge in [0, 0.05) is 12.6 Å². The lowest BCUT2D eigenvalue weighted by Gasteiger charge is -2.22. The van der Waals surface area contributed by atoms with Gasteiger partial charge in [-0.3, -0.25) is 9.59 Å². The first-order valence-electron chi connectivity index (χ1n) is 9.19. The van der Waals surface area contributed by atoms with Crippen molar-refractivity contribution in [2.24, 2.45) is 5.73 Å². The van der Waals surface area contributed by atoms with E-state index in [1.165, 1.54) is 11.0 Å². The number of carbonyl (C=O) groups excluding carboxylic acids is 2. The first-order valence-corrected chi connectivity index (χ1v) is 9.19. The lowest BCUT2D eigenvalue weighted by Crippen LogP contribution is -2.45. The third kappa shape index (κ3) is 3.97. The monoisotopic (exact) mass is 372 g/mol. The second-order valence-electron chi connectivity index (χ2n) is 6.91. The molecule has 2 N–H and O–H groups in total. The summed E-state index contributed by atoms with van der Waals surface area (Å²) in [5, 5.41) is 0.711. The second-order valence-corrected chi connectivity index (χ2v) is 6.91. The van der Waals surface area contributed by atoms with Crippen LogP contribution in [0.4, 0.5) is 0 Å². The van der Waals surface area contributed by atoms with Crippen LogP contribution in [-0.4, -0.2) is 35.9 Å². The summed E-state index contributed by atoms with van der Waals surface area (Å²) in [5.74, 6) is -0.269.